The normalized spacial score (nSPS) is 23.0. The largest absolute Gasteiger partial charge is 0.481 e. The highest BCUT2D eigenvalue weighted by atomic mass is 32.2. The van der Waals surface area contributed by atoms with E-state index >= 15 is 0 Å². The molecule has 2 aliphatic rings. The minimum atomic E-state index is -0.795. The van der Waals surface area contributed by atoms with Gasteiger partial charge < -0.3 is 9.52 Å². The molecule has 2 aromatic rings. The van der Waals surface area contributed by atoms with Crippen LogP contribution in [0.4, 0.5) is 0 Å². The maximum absolute atomic E-state index is 13.0. The molecule has 1 aromatic carbocycles. The number of hydrogen-bond donors (Lipinski definition) is 1. The Balaban J connectivity index is 1.49. The van der Waals surface area contributed by atoms with Crippen molar-refractivity contribution < 1.29 is 19.1 Å². The Morgan fingerprint density at radius 3 is 2.74 bits per heavy atom. The van der Waals surface area contributed by atoms with Crippen LogP contribution >= 0.6 is 24.0 Å². The molecule has 1 saturated carbocycles. The molecular weight excluding hydrogens is 430 g/mol. The fraction of sp³-hybridized carbons (Fsp3) is 0.375. The number of rotatable bonds is 6. The summed E-state index contributed by atoms with van der Waals surface area (Å²) in [5.41, 5.74) is 2.29. The first-order valence-corrected chi connectivity index (χ1v) is 11.9. The third-order valence-corrected chi connectivity index (χ3v) is 7.19. The Labute approximate surface area is 191 Å². The highest BCUT2D eigenvalue weighted by molar-refractivity contribution is 8.26. The summed E-state index contributed by atoms with van der Waals surface area (Å²) in [4.78, 5) is 26.5. The van der Waals surface area contributed by atoms with Crippen molar-refractivity contribution in [1.82, 2.24) is 4.90 Å². The number of nitrogens with zero attached hydrogens (tertiary/aromatic N) is 1. The highest BCUT2D eigenvalue weighted by Crippen LogP contribution is 2.39. The summed E-state index contributed by atoms with van der Waals surface area (Å²) in [6.07, 6.45) is 6.57. The van der Waals surface area contributed by atoms with Crippen molar-refractivity contribution in [2.45, 2.75) is 51.5 Å². The topological polar surface area (TPSA) is 70.8 Å². The molecule has 2 unspecified atom stereocenters. The lowest BCUT2D eigenvalue weighted by atomic mass is 9.85. The van der Waals surface area contributed by atoms with Crippen LogP contribution in [0.1, 0.15) is 50.4 Å². The molecule has 1 aromatic heterocycles. The molecule has 1 aliphatic carbocycles. The Bertz CT molecular complexity index is 1020. The summed E-state index contributed by atoms with van der Waals surface area (Å²) in [6.45, 7) is 2.16. The number of thiocarbonyl (C=S) groups is 1. The van der Waals surface area contributed by atoms with Crippen LogP contribution in [-0.2, 0) is 16.0 Å². The molecule has 0 spiro atoms. The van der Waals surface area contributed by atoms with E-state index in [2.05, 4.69) is 31.2 Å². The highest BCUT2D eigenvalue weighted by Gasteiger charge is 2.40. The third kappa shape index (κ3) is 4.77. The summed E-state index contributed by atoms with van der Waals surface area (Å²) in [5.74, 6) is -0.0188. The van der Waals surface area contributed by atoms with Gasteiger partial charge in [0.05, 0.1) is 10.8 Å². The van der Waals surface area contributed by atoms with Gasteiger partial charge in [-0.3, -0.25) is 14.5 Å². The van der Waals surface area contributed by atoms with E-state index in [9.17, 15) is 14.7 Å². The van der Waals surface area contributed by atoms with E-state index in [-0.39, 0.29) is 11.9 Å². The summed E-state index contributed by atoms with van der Waals surface area (Å²) in [7, 11) is 0. The number of aryl methyl sites for hydroxylation is 1. The van der Waals surface area contributed by atoms with Crippen molar-refractivity contribution in [2.75, 3.05) is 0 Å². The molecule has 5 nitrogen and oxygen atoms in total. The second-order valence-electron chi connectivity index (χ2n) is 8.06. The number of benzene rings is 1. The van der Waals surface area contributed by atoms with Gasteiger partial charge in [0.2, 0.25) is 0 Å². The van der Waals surface area contributed by atoms with Crippen LogP contribution in [0.5, 0.6) is 0 Å². The Hall–Kier alpha value is -2.38. The van der Waals surface area contributed by atoms with E-state index in [4.69, 9.17) is 16.6 Å². The number of carboxylic acid groups (broad SMARTS) is 1. The molecule has 1 saturated heterocycles. The fourth-order valence-corrected chi connectivity index (χ4v) is 5.64. The van der Waals surface area contributed by atoms with Crippen molar-refractivity contribution >= 4 is 46.3 Å². The molecule has 1 amide bonds. The number of thioether (sulfide) groups is 1. The summed E-state index contributed by atoms with van der Waals surface area (Å²) in [6, 6.07) is 11.9. The number of aliphatic carboxylic acids is 1. The summed E-state index contributed by atoms with van der Waals surface area (Å²) >= 11 is 6.71. The van der Waals surface area contributed by atoms with Gasteiger partial charge in [-0.25, -0.2) is 0 Å². The fourth-order valence-electron chi connectivity index (χ4n) is 4.26. The van der Waals surface area contributed by atoms with Crippen LogP contribution in [0.2, 0.25) is 0 Å². The summed E-state index contributed by atoms with van der Waals surface area (Å²) < 4.78 is 6.45. The predicted molar refractivity (Wildman–Crippen MR) is 127 cm³/mol. The van der Waals surface area contributed by atoms with Gasteiger partial charge in [-0.05, 0) is 43.4 Å². The van der Waals surface area contributed by atoms with Gasteiger partial charge in [-0.2, -0.15) is 0 Å². The average molecular weight is 456 g/mol. The van der Waals surface area contributed by atoms with Gasteiger partial charge in [-0.15, -0.1) is 0 Å². The van der Waals surface area contributed by atoms with E-state index in [0.29, 0.717) is 27.8 Å². The van der Waals surface area contributed by atoms with E-state index in [1.165, 1.54) is 17.3 Å². The molecule has 1 aliphatic heterocycles. The molecule has 31 heavy (non-hydrogen) atoms. The average Bonchev–Trinajstić information content (AvgIpc) is 3.33. The van der Waals surface area contributed by atoms with E-state index in [1.807, 2.05) is 12.1 Å². The minimum Gasteiger partial charge on any atom is -0.481 e. The maximum Gasteiger partial charge on any atom is 0.306 e. The zero-order valence-corrected chi connectivity index (χ0v) is 19.0. The smallest absolute Gasteiger partial charge is 0.306 e. The number of amides is 1. The quantitative estimate of drug-likeness (QED) is 0.442. The van der Waals surface area contributed by atoms with Crippen LogP contribution < -0.4 is 0 Å². The standard InChI is InChI=1S/C24H25NO4S2/c1-2-4-15-7-9-16(10-8-15)20-12-11-19(29-20)14-21-22(26)25(24(30)31-21)18-6-3-5-17(13-18)23(27)28/h7-12,14,17-18H,2-6,13H2,1H3,(H,27,28). The second kappa shape index (κ2) is 9.40. The van der Waals surface area contributed by atoms with Crippen molar-refractivity contribution in [1.29, 1.82) is 0 Å². The zero-order valence-electron chi connectivity index (χ0n) is 17.4. The van der Waals surface area contributed by atoms with Crippen LogP contribution in [0, 0.1) is 5.92 Å². The molecule has 4 rings (SSSR count). The SMILES string of the molecule is CCCc1ccc(-c2ccc(C=C3SC(=S)N(C4CCCC(C(=O)O)C4)C3=O)o2)cc1. The number of furan rings is 1. The lowest BCUT2D eigenvalue weighted by molar-refractivity contribution is -0.144. The van der Waals surface area contributed by atoms with Gasteiger partial charge in [0.15, 0.2) is 0 Å². The number of carbonyl (C=O) groups is 2. The second-order valence-corrected chi connectivity index (χ2v) is 9.73. The van der Waals surface area contributed by atoms with Crippen LogP contribution in [0.15, 0.2) is 45.7 Å². The van der Waals surface area contributed by atoms with Gasteiger partial charge in [0.1, 0.15) is 15.8 Å². The molecule has 7 heteroatoms. The molecule has 1 N–H and O–H groups in total. The first kappa shape index (κ1) is 21.8. The molecule has 2 fully saturated rings. The molecule has 2 atom stereocenters. The monoisotopic (exact) mass is 455 g/mol. The van der Waals surface area contributed by atoms with Crippen LogP contribution in [0.25, 0.3) is 17.4 Å². The number of carbonyl (C=O) groups excluding carboxylic acids is 1. The Kier molecular flexibility index (Phi) is 6.62. The molecular formula is C24H25NO4S2. The van der Waals surface area contributed by atoms with Crippen molar-refractivity contribution in [2.24, 2.45) is 5.92 Å². The molecule has 0 radical (unpaired) electrons. The van der Waals surface area contributed by atoms with Crippen LogP contribution in [-0.4, -0.2) is 32.2 Å². The maximum atomic E-state index is 13.0. The van der Waals surface area contributed by atoms with Crippen LogP contribution in [0.3, 0.4) is 0 Å². The minimum absolute atomic E-state index is 0.151. The van der Waals surface area contributed by atoms with Gasteiger partial charge in [0, 0.05) is 17.7 Å². The lowest BCUT2D eigenvalue weighted by Crippen LogP contribution is -2.42. The van der Waals surface area contributed by atoms with Gasteiger partial charge in [-0.1, -0.05) is 68.0 Å². The first-order valence-electron chi connectivity index (χ1n) is 10.6. The lowest BCUT2D eigenvalue weighted by Gasteiger charge is -2.32. The zero-order chi connectivity index (χ0) is 22.0. The molecule has 0 bridgehead atoms. The van der Waals surface area contributed by atoms with Crippen molar-refractivity contribution in [3.8, 4) is 11.3 Å². The van der Waals surface area contributed by atoms with Crippen molar-refractivity contribution in [3.05, 3.63) is 52.6 Å². The summed E-state index contributed by atoms with van der Waals surface area (Å²) in [5, 5.41) is 9.35. The van der Waals surface area contributed by atoms with Gasteiger partial charge >= 0.3 is 5.97 Å². The Morgan fingerprint density at radius 2 is 2.03 bits per heavy atom. The van der Waals surface area contributed by atoms with E-state index < -0.39 is 11.9 Å². The number of hydrogen-bond acceptors (Lipinski definition) is 5. The Morgan fingerprint density at radius 1 is 1.26 bits per heavy atom. The van der Waals surface area contributed by atoms with Gasteiger partial charge in [0.25, 0.3) is 5.91 Å². The predicted octanol–water partition coefficient (Wildman–Crippen LogP) is 5.74. The van der Waals surface area contributed by atoms with E-state index in [0.717, 1.165) is 37.0 Å². The number of carboxylic acids is 1. The third-order valence-electron chi connectivity index (χ3n) is 5.86. The first-order chi connectivity index (χ1) is 15.0. The molecule has 2 heterocycles. The van der Waals surface area contributed by atoms with E-state index in [1.54, 1.807) is 11.0 Å². The van der Waals surface area contributed by atoms with Crippen molar-refractivity contribution in [3.63, 3.8) is 0 Å². The molecule has 162 valence electrons.